The van der Waals surface area contributed by atoms with Crippen molar-refractivity contribution in [1.29, 1.82) is 0 Å². The van der Waals surface area contributed by atoms with Gasteiger partial charge in [0, 0.05) is 80.5 Å². The van der Waals surface area contributed by atoms with Gasteiger partial charge in [-0.2, -0.15) is 0 Å². The van der Waals surface area contributed by atoms with E-state index < -0.39 is 175 Å². The highest BCUT2D eigenvalue weighted by molar-refractivity contribution is 6.30. The van der Waals surface area contributed by atoms with Crippen molar-refractivity contribution in [1.82, 2.24) is 78.7 Å². The van der Waals surface area contributed by atoms with Gasteiger partial charge in [0.2, 0.25) is 76.8 Å². The minimum Gasteiger partial charge on any atom is -0.394 e. The number of imidazole rings is 1. The molecule has 6 aromatic rings. The molecule has 0 aliphatic carbocycles. The molecule has 0 saturated carbocycles. The number of aromatic nitrogens is 2. The summed E-state index contributed by atoms with van der Waals surface area (Å²) in [6.07, 6.45) is 3.26. The first kappa shape index (κ1) is 90.0. The molecular formula is C80H103ClN20O16. The van der Waals surface area contributed by atoms with Gasteiger partial charge in [-0.05, 0) is 127 Å². The molecule has 2 aliphatic rings. The third-order valence-corrected chi connectivity index (χ3v) is 19.5. The molecule has 11 atom stereocenters. The number of nitrogens with two attached hydrogens (primary N) is 2. The smallest absolute Gasteiger partial charge is 0.322 e. The number of amides is 17. The SMILES string of the molecule is CC(=O)N[C@H](Cc1ccc2ccccc2c1)C(=O)N[C@H](Cc1ccc(Cl)cc1)C(=O)N[C@@H](CNc1ncc[nH]1)C(=O)N[C@@H](CO)C(=O)N[C@@H](Cc1ccc(NC(=O)[C@@H]2CC(=O)NC(=O)N2)cc1)C(=O)N[C@@H](Cc1ccc(NC(N)=O)cc1)C(=O)N[C@@H](CC(C)C)C(=O)N[C@@H](CCCCNC(C)C)C(=O)N1CCC[C@H]1C(=O)N[C@H](C)C(N)=O. The van der Waals surface area contributed by atoms with E-state index in [2.05, 4.69) is 84.4 Å². The van der Waals surface area contributed by atoms with Crippen LogP contribution in [0.25, 0.3) is 10.8 Å². The second-order valence-electron chi connectivity index (χ2n) is 29.5. The van der Waals surface area contributed by atoms with Crippen LogP contribution < -0.4 is 91.2 Å². The van der Waals surface area contributed by atoms with Crippen LogP contribution in [0.1, 0.15) is 109 Å². The molecule has 1 aromatic heterocycles. The van der Waals surface area contributed by atoms with Crippen LogP contribution in [0, 0.1) is 5.92 Å². The number of benzene rings is 5. The van der Waals surface area contributed by atoms with E-state index in [1.54, 1.807) is 44.2 Å². The molecule has 0 unspecified atom stereocenters. The molecule has 0 spiro atoms. The number of halogens is 1. The number of aromatic amines is 1. The quantitative estimate of drug-likeness (QED) is 0.0235. The molecule has 3 heterocycles. The summed E-state index contributed by atoms with van der Waals surface area (Å²) in [6.45, 7) is 9.25. The molecule has 5 aromatic carbocycles. The second-order valence-corrected chi connectivity index (χ2v) is 30.0. The van der Waals surface area contributed by atoms with E-state index >= 15 is 9.59 Å². The van der Waals surface area contributed by atoms with Crippen molar-refractivity contribution in [3.05, 3.63) is 155 Å². The van der Waals surface area contributed by atoms with Crippen LogP contribution >= 0.6 is 11.6 Å². The predicted octanol–water partition coefficient (Wildman–Crippen LogP) is 0.712. The molecule has 2 fully saturated rings. The molecule has 8 rings (SSSR count). The molecule has 0 bridgehead atoms. The Morgan fingerprint density at radius 1 is 0.573 bits per heavy atom. The number of urea groups is 2. The number of rotatable bonds is 42. The van der Waals surface area contributed by atoms with Crippen LogP contribution in [-0.2, 0) is 88.0 Å². The number of aliphatic hydroxyl groups excluding tert-OH is 1. The van der Waals surface area contributed by atoms with Gasteiger partial charge < -0.3 is 101 Å². The number of H-pyrrole nitrogens is 1. The summed E-state index contributed by atoms with van der Waals surface area (Å²) in [4.78, 5) is 216. The Morgan fingerprint density at radius 3 is 1.62 bits per heavy atom. The molecular weight excluding hydrogens is 1530 g/mol. The highest BCUT2D eigenvalue weighted by atomic mass is 35.5. The molecule has 2 aliphatic heterocycles. The van der Waals surface area contributed by atoms with Crippen LogP contribution in [0.5, 0.6) is 0 Å². The Bertz CT molecular complexity index is 4500. The minimum absolute atomic E-state index is 0.00378. The number of primary amides is 2. The van der Waals surface area contributed by atoms with Crippen molar-refractivity contribution in [2.75, 3.05) is 42.2 Å². The second kappa shape index (κ2) is 43.8. The van der Waals surface area contributed by atoms with Crippen molar-refractivity contribution in [3.8, 4) is 0 Å². The lowest BCUT2D eigenvalue weighted by Crippen LogP contribution is -2.62. The van der Waals surface area contributed by atoms with Gasteiger partial charge in [-0.1, -0.05) is 118 Å². The van der Waals surface area contributed by atoms with Crippen LogP contribution in [0.2, 0.25) is 5.02 Å². The van der Waals surface area contributed by atoms with Crippen LogP contribution in [-0.4, -0.2) is 208 Å². The number of imide groups is 1. The average Bonchev–Trinajstić information content (AvgIpc) is 1.75. The highest BCUT2D eigenvalue weighted by Gasteiger charge is 2.41. The van der Waals surface area contributed by atoms with Gasteiger partial charge in [-0.25, -0.2) is 14.6 Å². The van der Waals surface area contributed by atoms with E-state index in [0.29, 0.717) is 47.5 Å². The van der Waals surface area contributed by atoms with Gasteiger partial charge in [0.05, 0.1) is 13.0 Å². The Balaban J connectivity index is 1.09. The number of carbonyl (C=O) groups excluding carboxylic acids is 15. The van der Waals surface area contributed by atoms with E-state index in [-0.39, 0.29) is 86.3 Å². The number of hydrogen-bond acceptors (Lipinski definition) is 19. The number of carbonyl (C=O) groups is 15. The van der Waals surface area contributed by atoms with Gasteiger partial charge in [-0.15, -0.1) is 0 Å². The lowest BCUT2D eigenvalue weighted by Gasteiger charge is -2.31. The minimum atomic E-state index is -1.94. The largest absolute Gasteiger partial charge is 0.394 e. The number of unbranched alkanes of at least 4 members (excludes halogenated alkanes) is 1. The maximum atomic E-state index is 15.4. The third-order valence-electron chi connectivity index (χ3n) is 19.3. The maximum absolute atomic E-state index is 15.4. The first-order valence-corrected chi connectivity index (χ1v) is 38.9. The summed E-state index contributed by atoms with van der Waals surface area (Å²) >= 11 is 6.26. The lowest BCUT2D eigenvalue weighted by atomic mass is 9.99. The van der Waals surface area contributed by atoms with E-state index in [1.165, 1.54) is 79.7 Å². The molecule has 21 N–H and O–H groups in total. The maximum Gasteiger partial charge on any atom is 0.322 e. The van der Waals surface area contributed by atoms with Gasteiger partial charge in [-0.3, -0.25) is 67.6 Å². The van der Waals surface area contributed by atoms with E-state index in [1.807, 2.05) is 55.6 Å². The molecule has 36 nitrogen and oxygen atoms in total. The highest BCUT2D eigenvalue weighted by Crippen LogP contribution is 2.23. The van der Waals surface area contributed by atoms with Crippen molar-refractivity contribution in [2.24, 2.45) is 17.4 Å². The molecule has 0 radical (unpaired) electrons. The standard InChI is InChI=1S/C80H103ClN20O16/c1-43(2)34-57(69(107)92-56(14-9-10-30-84-44(3)4)77(115)101-33-11-15-65(101)76(114)88-45(5)67(82)105)93-71(109)59(37-49-21-28-55(29-22-49)91-78(83)116)95-72(110)60(38-48-19-26-54(27-20-48)90-68(106)62-40-66(104)100-80(117)99-62)96-75(113)64(42-102)98-74(112)63(41-87-79-85-31-32-86-79)97-73(111)61(36-47-17-24-53(81)25-18-47)94-70(108)58(89-46(6)103)39-50-16-23-51-12-7-8-13-52(51)35-50/h7-8,12-13,16-29,31-32,35,43-45,56-65,84,102H,9-11,14-15,30,33-34,36-42H2,1-6H3,(H2,82,105)(H,88,114)(H,89,103)(H,90,106)(H,92,107)(H,93,109)(H,94,108)(H,95,110)(H,96,113)(H,97,111)(H,98,112)(H3,83,91,116)(H2,85,86,87)(H2,99,100,104,117)/t45-,56+,57+,58-,59+,60+,61-,62+,63+,64+,65+/m1/s1. The number of nitrogens with one attached hydrogen (secondary N) is 16. The number of nitrogens with zero attached hydrogens (tertiary/aromatic N) is 2. The summed E-state index contributed by atoms with van der Waals surface area (Å²) < 4.78 is 0. The van der Waals surface area contributed by atoms with Gasteiger partial charge in [0.25, 0.3) is 0 Å². The fourth-order valence-electron chi connectivity index (χ4n) is 13.2. The summed E-state index contributed by atoms with van der Waals surface area (Å²) in [7, 11) is 0. The van der Waals surface area contributed by atoms with Gasteiger partial charge in [0.1, 0.15) is 66.5 Å². The number of fused-ring (bicyclic) bond motifs is 1. The molecule has 2 saturated heterocycles. The number of aliphatic hydroxyl groups is 1. The Kier molecular flexibility index (Phi) is 33.7. The topological polar surface area (TPSA) is 541 Å². The van der Waals surface area contributed by atoms with Gasteiger partial charge in [0.15, 0.2) is 5.95 Å². The monoisotopic (exact) mass is 1630 g/mol. The predicted molar refractivity (Wildman–Crippen MR) is 433 cm³/mol. The van der Waals surface area contributed by atoms with E-state index in [0.717, 1.165) is 10.8 Å². The summed E-state index contributed by atoms with van der Waals surface area (Å²) in [5.74, 6) is -11.0. The molecule has 117 heavy (non-hydrogen) atoms. The van der Waals surface area contributed by atoms with Crippen molar-refractivity contribution < 1.29 is 77.0 Å². The van der Waals surface area contributed by atoms with Crippen LogP contribution in [0.15, 0.2) is 128 Å². The lowest BCUT2D eigenvalue weighted by molar-refractivity contribution is -0.142. The average molecular weight is 1640 g/mol. The Labute approximate surface area is 680 Å². The van der Waals surface area contributed by atoms with E-state index in [9.17, 15) is 67.4 Å². The Hall–Kier alpha value is -12.6. The normalized spacial score (nSPS) is 16.1. The zero-order valence-corrected chi connectivity index (χ0v) is 66.5. The summed E-state index contributed by atoms with van der Waals surface area (Å²) in [6, 6.07) is 13.9. The molecule has 37 heteroatoms. The third kappa shape index (κ3) is 28.4. The molecule has 626 valence electrons. The molecule has 17 amide bonds. The first-order valence-electron chi connectivity index (χ1n) is 38.5. The fraction of sp³-hybridized carbons (Fsp3) is 0.425. The number of anilines is 3. The summed E-state index contributed by atoms with van der Waals surface area (Å²) in [5.41, 5.74) is 13.1. The van der Waals surface area contributed by atoms with Crippen molar-refractivity contribution in [2.45, 2.75) is 185 Å². The van der Waals surface area contributed by atoms with Crippen LogP contribution in [0.4, 0.5) is 26.9 Å². The first-order chi connectivity index (χ1) is 55.8. The van der Waals surface area contributed by atoms with E-state index in [4.69, 9.17) is 23.1 Å². The van der Waals surface area contributed by atoms with Gasteiger partial charge >= 0.3 is 12.1 Å². The zero-order valence-electron chi connectivity index (χ0n) is 65.7. The zero-order chi connectivity index (χ0) is 85.0. The Morgan fingerprint density at radius 2 is 1.08 bits per heavy atom. The van der Waals surface area contributed by atoms with Crippen molar-refractivity contribution in [3.63, 3.8) is 0 Å². The van der Waals surface area contributed by atoms with Crippen LogP contribution in [0.3, 0.4) is 0 Å². The fourth-order valence-corrected chi connectivity index (χ4v) is 13.3. The number of likely N-dealkylation sites (tertiary alicyclic amines) is 1. The number of hydrogen-bond donors (Lipinski definition) is 19. The van der Waals surface area contributed by atoms with Crippen molar-refractivity contribution >= 4 is 129 Å². The summed E-state index contributed by atoms with van der Waals surface area (Å²) in [5, 5.41) is 53.1.